The van der Waals surface area contributed by atoms with Crippen LogP contribution in [0, 0.1) is 6.92 Å². The molecule has 0 unspecified atom stereocenters. The Bertz CT molecular complexity index is 722. The van der Waals surface area contributed by atoms with E-state index in [1.54, 1.807) is 20.8 Å². The summed E-state index contributed by atoms with van der Waals surface area (Å²) in [6.07, 6.45) is 0.948. The molecule has 0 bridgehead atoms. The lowest BCUT2D eigenvalue weighted by Crippen LogP contribution is -2.41. The number of hydrogen-bond donors (Lipinski definition) is 2. The van der Waals surface area contributed by atoms with Gasteiger partial charge in [-0.05, 0) is 52.7 Å². The minimum Gasteiger partial charge on any atom is -0.493 e. The monoisotopic (exact) mass is 397 g/mol. The molecule has 0 atom stereocenters. The molecule has 0 saturated carbocycles. The van der Waals surface area contributed by atoms with E-state index in [-0.39, 0.29) is 5.75 Å². The molecule has 7 heteroatoms. The Balaban J connectivity index is 2.79. The van der Waals surface area contributed by atoms with Gasteiger partial charge in [-0.3, -0.25) is 0 Å². The Hall–Kier alpha value is -1.76. The molecule has 2 N–H and O–H groups in total. The van der Waals surface area contributed by atoms with E-state index in [9.17, 15) is 8.42 Å². The third-order valence-corrected chi connectivity index (χ3v) is 6.64. The highest BCUT2D eigenvalue weighted by Gasteiger charge is 2.28. The van der Waals surface area contributed by atoms with Gasteiger partial charge in [-0.2, -0.15) is 0 Å². The Morgan fingerprint density at radius 1 is 1.19 bits per heavy atom. The van der Waals surface area contributed by atoms with Crippen LogP contribution in [0.2, 0.25) is 0 Å². The first-order chi connectivity index (χ1) is 12.6. The van der Waals surface area contributed by atoms with E-state index >= 15 is 0 Å². The van der Waals surface area contributed by atoms with Gasteiger partial charge in [0.15, 0.2) is 15.8 Å². The Morgan fingerprint density at radius 2 is 1.89 bits per heavy atom. The number of aliphatic imine (C=N–C) groups is 1. The quantitative estimate of drug-likeness (QED) is 0.494. The predicted molar refractivity (Wildman–Crippen MR) is 113 cm³/mol. The van der Waals surface area contributed by atoms with E-state index in [1.807, 2.05) is 32.0 Å². The first kappa shape index (κ1) is 23.3. The fourth-order valence-corrected chi connectivity index (χ4v) is 3.24. The fourth-order valence-electron chi connectivity index (χ4n) is 2.25. The van der Waals surface area contributed by atoms with Gasteiger partial charge < -0.3 is 15.4 Å². The van der Waals surface area contributed by atoms with Gasteiger partial charge in [0.2, 0.25) is 0 Å². The molecule has 0 amide bonds. The second kappa shape index (κ2) is 10.5. The number of ether oxygens (including phenoxy) is 1. The lowest BCUT2D eigenvalue weighted by molar-refractivity contribution is 0.314. The average molecular weight is 398 g/mol. The molecule has 0 spiro atoms. The zero-order chi connectivity index (χ0) is 20.5. The fraction of sp³-hybridized carbons (Fsp3) is 0.650. The van der Waals surface area contributed by atoms with E-state index in [2.05, 4.69) is 22.5 Å². The van der Waals surface area contributed by atoms with Crippen molar-refractivity contribution in [2.24, 2.45) is 4.99 Å². The van der Waals surface area contributed by atoms with Crippen LogP contribution in [0.5, 0.6) is 5.75 Å². The molecule has 27 heavy (non-hydrogen) atoms. The highest BCUT2D eigenvalue weighted by molar-refractivity contribution is 7.92. The Labute approximate surface area is 164 Å². The van der Waals surface area contributed by atoms with Crippen LogP contribution in [0.4, 0.5) is 0 Å². The number of sulfone groups is 1. The molecule has 0 heterocycles. The smallest absolute Gasteiger partial charge is 0.191 e. The first-order valence-corrected chi connectivity index (χ1v) is 11.2. The predicted octanol–water partition coefficient (Wildman–Crippen LogP) is 3.05. The molecule has 1 aromatic carbocycles. The first-order valence-electron chi connectivity index (χ1n) is 9.57. The molecule has 0 aliphatic heterocycles. The summed E-state index contributed by atoms with van der Waals surface area (Å²) in [6.45, 7) is 13.4. The zero-order valence-corrected chi connectivity index (χ0v) is 18.4. The van der Waals surface area contributed by atoms with Crippen molar-refractivity contribution in [3.8, 4) is 5.75 Å². The maximum atomic E-state index is 12.2. The van der Waals surface area contributed by atoms with Crippen molar-refractivity contribution >= 4 is 15.8 Å². The number of nitrogens with one attached hydrogen (secondary N) is 2. The summed E-state index contributed by atoms with van der Waals surface area (Å²) in [5, 5.41) is 6.27. The summed E-state index contributed by atoms with van der Waals surface area (Å²) in [4.78, 5) is 4.58. The summed E-state index contributed by atoms with van der Waals surface area (Å²) in [5.41, 5.74) is 2.15. The lowest BCUT2D eigenvalue weighted by atomic mass is 10.1. The zero-order valence-electron chi connectivity index (χ0n) is 17.6. The van der Waals surface area contributed by atoms with Gasteiger partial charge in [-0.15, -0.1) is 0 Å². The van der Waals surface area contributed by atoms with Crippen molar-refractivity contribution in [1.82, 2.24) is 10.6 Å². The molecule has 0 aliphatic rings. The van der Waals surface area contributed by atoms with Crippen LogP contribution in [0.25, 0.3) is 0 Å². The van der Waals surface area contributed by atoms with Crippen molar-refractivity contribution in [3.63, 3.8) is 0 Å². The topological polar surface area (TPSA) is 79.8 Å². The maximum Gasteiger partial charge on any atom is 0.191 e. The van der Waals surface area contributed by atoms with Crippen LogP contribution in [-0.2, 0) is 16.4 Å². The second-order valence-corrected chi connectivity index (χ2v) is 10.4. The van der Waals surface area contributed by atoms with Crippen molar-refractivity contribution in [2.45, 2.75) is 59.3 Å². The summed E-state index contributed by atoms with van der Waals surface area (Å²) in [7, 11) is -3.16. The SMILES string of the molecule is CCCOc1cc(C)ccc1CN=C(NCC)NCCS(=O)(=O)C(C)(C)C. The van der Waals surface area contributed by atoms with Crippen LogP contribution < -0.4 is 15.4 Å². The molecular weight excluding hydrogens is 362 g/mol. The molecule has 1 rings (SSSR count). The number of hydrogen-bond acceptors (Lipinski definition) is 4. The van der Waals surface area contributed by atoms with Crippen LogP contribution >= 0.6 is 0 Å². The van der Waals surface area contributed by atoms with Gasteiger partial charge in [0.25, 0.3) is 0 Å². The number of rotatable bonds is 9. The molecular formula is C20H35N3O3S. The Morgan fingerprint density at radius 3 is 2.48 bits per heavy atom. The lowest BCUT2D eigenvalue weighted by Gasteiger charge is -2.20. The number of nitrogens with zero attached hydrogens (tertiary/aromatic N) is 1. The summed E-state index contributed by atoms with van der Waals surface area (Å²) in [6, 6.07) is 6.09. The van der Waals surface area contributed by atoms with Gasteiger partial charge in [0.05, 0.1) is 23.7 Å². The molecule has 0 fully saturated rings. The average Bonchev–Trinajstić information content (AvgIpc) is 2.57. The largest absolute Gasteiger partial charge is 0.493 e. The van der Waals surface area contributed by atoms with Crippen LogP contribution in [-0.4, -0.2) is 44.6 Å². The molecule has 6 nitrogen and oxygen atoms in total. The minimum atomic E-state index is -3.16. The highest BCUT2D eigenvalue weighted by atomic mass is 32.2. The van der Waals surface area contributed by atoms with Crippen molar-refractivity contribution in [3.05, 3.63) is 29.3 Å². The molecule has 1 aromatic rings. The van der Waals surface area contributed by atoms with Gasteiger partial charge in [-0.1, -0.05) is 19.1 Å². The highest BCUT2D eigenvalue weighted by Crippen LogP contribution is 2.21. The van der Waals surface area contributed by atoms with E-state index in [4.69, 9.17) is 4.74 Å². The molecule has 0 radical (unpaired) electrons. The van der Waals surface area contributed by atoms with E-state index in [1.165, 1.54) is 0 Å². The third kappa shape index (κ3) is 7.79. The van der Waals surface area contributed by atoms with Crippen LogP contribution in [0.15, 0.2) is 23.2 Å². The summed E-state index contributed by atoms with van der Waals surface area (Å²) >= 11 is 0. The van der Waals surface area contributed by atoms with Crippen molar-refractivity contribution in [2.75, 3.05) is 25.4 Å². The van der Waals surface area contributed by atoms with E-state index < -0.39 is 14.6 Å². The molecule has 0 aromatic heterocycles. The molecule has 0 aliphatic carbocycles. The minimum absolute atomic E-state index is 0.0658. The second-order valence-electron chi connectivity index (χ2n) is 7.51. The summed E-state index contributed by atoms with van der Waals surface area (Å²) < 4.78 is 29.5. The molecule has 154 valence electrons. The summed E-state index contributed by atoms with van der Waals surface area (Å²) in [5.74, 6) is 1.52. The van der Waals surface area contributed by atoms with Gasteiger partial charge in [0, 0.05) is 18.7 Å². The van der Waals surface area contributed by atoms with Crippen LogP contribution in [0.1, 0.15) is 52.2 Å². The third-order valence-electron chi connectivity index (χ3n) is 4.03. The Kier molecular flexibility index (Phi) is 9.09. The normalized spacial score (nSPS) is 12.7. The van der Waals surface area contributed by atoms with Crippen molar-refractivity contribution < 1.29 is 13.2 Å². The number of guanidine groups is 1. The van der Waals surface area contributed by atoms with Gasteiger partial charge in [-0.25, -0.2) is 13.4 Å². The van der Waals surface area contributed by atoms with Crippen molar-refractivity contribution in [1.29, 1.82) is 0 Å². The van der Waals surface area contributed by atoms with E-state index in [0.29, 0.717) is 32.2 Å². The number of benzene rings is 1. The maximum absolute atomic E-state index is 12.2. The van der Waals surface area contributed by atoms with Gasteiger partial charge in [0.1, 0.15) is 5.75 Å². The standard InChI is InChI=1S/C20H35N3O3S/c1-7-12-26-18-14-16(3)9-10-17(18)15-23-19(21-8-2)22-11-13-27(24,25)20(4,5)6/h9-10,14H,7-8,11-13,15H2,1-6H3,(H2,21,22,23). The number of aryl methyl sites for hydroxylation is 1. The van der Waals surface area contributed by atoms with Crippen LogP contribution in [0.3, 0.4) is 0 Å². The van der Waals surface area contributed by atoms with Gasteiger partial charge >= 0.3 is 0 Å². The molecule has 0 saturated heterocycles. The van der Waals surface area contributed by atoms with E-state index in [0.717, 1.165) is 23.3 Å².